The molecule has 3 unspecified atom stereocenters. The molecule has 0 spiro atoms. The number of halogens is 3. The van der Waals surface area contributed by atoms with Gasteiger partial charge in [-0.05, 0) is 54.5 Å². The number of allylic oxidation sites excluding steroid dienone is 2. The highest BCUT2D eigenvalue weighted by Crippen LogP contribution is 2.34. The van der Waals surface area contributed by atoms with E-state index < -0.39 is 17.6 Å². The number of fused-ring (bicyclic) bond motifs is 1. The van der Waals surface area contributed by atoms with Crippen molar-refractivity contribution in [3.8, 4) is 11.1 Å². The number of anilines is 1. The first-order valence-electron chi connectivity index (χ1n) is 12.5. The number of benzene rings is 2. The molecule has 10 heteroatoms. The minimum absolute atomic E-state index is 0.0158. The summed E-state index contributed by atoms with van der Waals surface area (Å²) in [5.74, 6) is -0.327. The summed E-state index contributed by atoms with van der Waals surface area (Å²) in [5.41, 5.74) is 0.273. The predicted molar refractivity (Wildman–Crippen MR) is 138 cm³/mol. The average Bonchev–Trinajstić information content (AvgIpc) is 3.37. The Morgan fingerprint density at radius 3 is 2.51 bits per heavy atom. The van der Waals surface area contributed by atoms with Crippen molar-refractivity contribution in [2.75, 3.05) is 25.0 Å². The summed E-state index contributed by atoms with van der Waals surface area (Å²) in [5, 5.41) is 2.51. The lowest BCUT2D eigenvalue weighted by atomic mass is 9.98. The summed E-state index contributed by atoms with van der Waals surface area (Å²) in [7, 11) is 0. The van der Waals surface area contributed by atoms with Crippen LogP contribution in [0.4, 0.5) is 18.9 Å². The Balaban J connectivity index is 1.35. The van der Waals surface area contributed by atoms with Gasteiger partial charge in [0.25, 0.3) is 11.8 Å². The van der Waals surface area contributed by atoms with E-state index in [2.05, 4.69) is 5.32 Å². The quantitative estimate of drug-likeness (QED) is 0.564. The van der Waals surface area contributed by atoms with Crippen molar-refractivity contribution < 1.29 is 32.3 Å². The van der Waals surface area contributed by atoms with E-state index in [1.165, 1.54) is 24.3 Å². The maximum absolute atomic E-state index is 13.7. The van der Waals surface area contributed by atoms with Gasteiger partial charge in [0.15, 0.2) is 5.76 Å². The second kappa shape index (κ2) is 10.4. The molecule has 0 bridgehead atoms. The molecule has 39 heavy (non-hydrogen) atoms. The molecule has 1 saturated heterocycles. The van der Waals surface area contributed by atoms with Crippen LogP contribution in [0, 0.1) is 5.92 Å². The predicted octanol–water partition coefficient (Wildman–Crippen LogP) is 4.64. The highest BCUT2D eigenvalue weighted by Gasteiger charge is 2.36. The van der Waals surface area contributed by atoms with Gasteiger partial charge in [0, 0.05) is 31.6 Å². The average molecular weight is 538 g/mol. The molecule has 1 N–H and O–H groups in total. The van der Waals surface area contributed by atoms with Crippen LogP contribution in [0.5, 0.6) is 0 Å². The molecular formula is C29H26F3N3O4. The summed E-state index contributed by atoms with van der Waals surface area (Å²) >= 11 is 0. The Hall–Kier alpha value is -4.34. The Kier molecular flexibility index (Phi) is 7.03. The molecule has 0 aromatic heterocycles. The number of nitrogens with one attached hydrogen (secondary N) is 1. The SMILES string of the molecule is CC1CN(C(=O)C2=CC3C=CC=CC3O2)CCN1C(=O)c1cc(-c2cccc(C(F)(F)F)c2)ccc1NC=O. The first-order chi connectivity index (χ1) is 18.7. The van der Waals surface area contributed by atoms with Gasteiger partial charge in [0.05, 0.1) is 16.8 Å². The molecule has 3 aliphatic rings. The Morgan fingerprint density at radius 2 is 1.79 bits per heavy atom. The Labute approximate surface area is 223 Å². The van der Waals surface area contributed by atoms with Crippen molar-refractivity contribution in [2.24, 2.45) is 5.92 Å². The van der Waals surface area contributed by atoms with E-state index in [4.69, 9.17) is 4.74 Å². The van der Waals surface area contributed by atoms with Crippen molar-refractivity contribution in [2.45, 2.75) is 25.2 Å². The molecule has 5 rings (SSSR count). The third kappa shape index (κ3) is 5.32. The number of hydrogen-bond donors (Lipinski definition) is 1. The van der Waals surface area contributed by atoms with Crippen molar-refractivity contribution in [3.63, 3.8) is 0 Å². The monoisotopic (exact) mass is 537 g/mol. The van der Waals surface area contributed by atoms with Crippen molar-refractivity contribution in [1.29, 1.82) is 0 Å². The number of alkyl halides is 3. The highest BCUT2D eigenvalue weighted by atomic mass is 19.4. The van der Waals surface area contributed by atoms with E-state index in [1.54, 1.807) is 15.9 Å². The van der Waals surface area contributed by atoms with Gasteiger partial charge < -0.3 is 19.9 Å². The summed E-state index contributed by atoms with van der Waals surface area (Å²) in [4.78, 5) is 41.2. The highest BCUT2D eigenvalue weighted by molar-refractivity contribution is 6.03. The van der Waals surface area contributed by atoms with Gasteiger partial charge in [0.1, 0.15) is 6.10 Å². The van der Waals surface area contributed by atoms with Crippen LogP contribution >= 0.6 is 0 Å². The first kappa shape index (κ1) is 26.3. The molecule has 3 amide bonds. The van der Waals surface area contributed by atoms with E-state index in [0.717, 1.165) is 12.1 Å². The second-order valence-corrected chi connectivity index (χ2v) is 9.66. The number of hydrogen-bond acceptors (Lipinski definition) is 4. The van der Waals surface area contributed by atoms with Crippen LogP contribution < -0.4 is 5.32 Å². The van der Waals surface area contributed by atoms with Crippen LogP contribution in [0.2, 0.25) is 0 Å². The number of carbonyl (C=O) groups is 3. The van der Waals surface area contributed by atoms with Gasteiger partial charge in [-0.1, -0.05) is 36.4 Å². The molecule has 2 aliphatic heterocycles. The fourth-order valence-electron chi connectivity index (χ4n) is 5.07. The molecule has 2 heterocycles. The molecule has 2 aromatic rings. The Morgan fingerprint density at radius 1 is 1.03 bits per heavy atom. The lowest BCUT2D eigenvalue weighted by molar-refractivity contribution is -0.137. The largest absolute Gasteiger partial charge is 0.480 e. The lowest BCUT2D eigenvalue weighted by Crippen LogP contribution is -2.55. The zero-order chi connectivity index (χ0) is 27.7. The van der Waals surface area contributed by atoms with Crippen LogP contribution in [0.25, 0.3) is 11.1 Å². The van der Waals surface area contributed by atoms with Gasteiger partial charge in [-0.25, -0.2) is 0 Å². The minimum atomic E-state index is -4.51. The minimum Gasteiger partial charge on any atom is -0.480 e. The standard InChI is InChI=1S/C29H26F3N3O4/c1-18-16-34(28(38)26-15-21-5-2-3-8-25(21)39-26)11-12-35(18)27(37)23-14-20(9-10-24(23)33-17-36)19-6-4-7-22(13-19)29(30,31)32/h2-10,13-15,17-18,21,25H,11-12,16H2,1H3,(H,33,36). The van der Waals surface area contributed by atoms with Crippen molar-refractivity contribution >= 4 is 23.9 Å². The van der Waals surface area contributed by atoms with Crippen LogP contribution in [0.1, 0.15) is 22.8 Å². The molecule has 3 atom stereocenters. The normalized spacial score (nSPS) is 22.2. The molecule has 1 aliphatic carbocycles. The van der Waals surface area contributed by atoms with Gasteiger partial charge in [0.2, 0.25) is 6.41 Å². The van der Waals surface area contributed by atoms with Gasteiger partial charge in [-0.2, -0.15) is 13.2 Å². The molecule has 0 radical (unpaired) electrons. The lowest BCUT2D eigenvalue weighted by Gasteiger charge is -2.40. The van der Waals surface area contributed by atoms with E-state index >= 15 is 0 Å². The van der Waals surface area contributed by atoms with E-state index in [0.29, 0.717) is 17.7 Å². The summed E-state index contributed by atoms with van der Waals surface area (Å²) < 4.78 is 45.6. The van der Waals surface area contributed by atoms with Gasteiger partial charge in [-0.3, -0.25) is 14.4 Å². The third-order valence-electron chi connectivity index (χ3n) is 7.11. The summed E-state index contributed by atoms with van der Waals surface area (Å²) in [6.07, 6.45) is 5.22. The fraction of sp³-hybridized carbons (Fsp3) is 0.276. The smallest absolute Gasteiger partial charge is 0.416 e. The number of nitrogens with zero attached hydrogens (tertiary/aromatic N) is 2. The Bertz CT molecular complexity index is 1400. The topological polar surface area (TPSA) is 79.0 Å². The number of carbonyl (C=O) groups excluding carboxylic acids is 3. The zero-order valence-electron chi connectivity index (χ0n) is 21.0. The van der Waals surface area contributed by atoms with Crippen LogP contribution in [-0.4, -0.2) is 59.8 Å². The van der Waals surface area contributed by atoms with E-state index in [9.17, 15) is 27.6 Å². The molecule has 2 aromatic carbocycles. The van der Waals surface area contributed by atoms with Crippen molar-refractivity contribution in [1.82, 2.24) is 9.80 Å². The van der Waals surface area contributed by atoms with Crippen LogP contribution in [-0.2, 0) is 20.5 Å². The molecule has 0 saturated carbocycles. The van der Waals surface area contributed by atoms with Gasteiger partial charge >= 0.3 is 6.18 Å². The number of ether oxygens (including phenoxy) is 1. The fourth-order valence-corrected chi connectivity index (χ4v) is 5.07. The van der Waals surface area contributed by atoms with Crippen LogP contribution in [0.15, 0.2) is 78.6 Å². The number of amides is 3. The second-order valence-electron chi connectivity index (χ2n) is 9.66. The molecule has 202 valence electrons. The molecule has 7 nitrogen and oxygen atoms in total. The van der Waals surface area contributed by atoms with Gasteiger partial charge in [-0.15, -0.1) is 0 Å². The molecule has 1 fully saturated rings. The maximum Gasteiger partial charge on any atom is 0.416 e. The third-order valence-corrected chi connectivity index (χ3v) is 7.11. The molecular weight excluding hydrogens is 511 g/mol. The summed E-state index contributed by atoms with van der Waals surface area (Å²) in [6.45, 7) is 2.60. The van der Waals surface area contributed by atoms with Crippen molar-refractivity contribution in [3.05, 3.63) is 89.7 Å². The zero-order valence-corrected chi connectivity index (χ0v) is 21.0. The first-order valence-corrected chi connectivity index (χ1v) is 12.5. The van der Waals surface area contributed by atoms with E-state index in [1.807, 2.05) is 37.3 Å². The van der Waals surface area contributed by atoms with E-state index in [-0.39, 0.29) is 60.4 Å². The maximum atomic E-state index is 13.7. The number of piperazine rings is 1. The van der Waals surface area contributed by atoms with Crippen LogP contribution in [0.3, 0.4) is 0 Å². The number of rotatable bonds is 5. The summed E-state index contributed by atoms with van der Waals surface area (Å²) in [6, 6.07) is 9.00.